The summed E-state index contributed by atoms with van der Waals surface area (Å²) in [5.74, 6) is -0.625. The molecule has 0 fully saturated rings. The second-order valence-electron chi connectivity index (χ2n) is 11.0. The second-order valence-corrected chi connectivity index (χ2v) is 11.0. The van der Waals surface area contributed by atoms with Crippen LogP contribution in [0.4, 0.5) is 10.5 Å². The number of unbranched alkanes of at least 4 members (excludes halogenated alkanes) is 3. The van der Waals surface area contributed by atoms with Crippen LogP contribution in [-0.4, -0.2) is 41.0 Å². The number of ether oxygens (including phenoxy) is 1. The quantitative estimate of drug-likeness (QED) is 0.324. The van der Waals surface area contributed by atoms with Crippen LogP contribution in [0.2, 0.25) is 0 Å². The minimum absolute atomic E-state index is 0.290. The lowest BCUT2D eigenvalue weighted by Gasteiger charge is -2.34. The van der Waals surface area contributed by atoms with Crippen molar-refractivity contribution in [3.8, 4) is 0 Å². The van der Waals surface area contributed by atoms with Crippen LogP contribution in [0.3, 0.4) is 0 Å². The largest absolute Gasteiger partial charge is 0.444 e. The van der Waals surface area contributed by atoms with E-state index in [2.05, 4.69) is 17.6 Å². The molecule has 7 heteroatoms. The SMILES string of the molecule is CCCCCCN(C(=O)C(C)NC(=O)OC(C)(C)C)C(C(=O)Nc1ccccc1C)c1cc(C)ccc1C. The van der Waals surface area contributed by atoms with Crippen molar-refractivity contribution in [3.05, 3.63) is 64.7 Å². The molecule has 38 heavy (non-hydrogen) atoms. The summed E-state index contributed by atoms with van der Waals surface area (Å²) in [6.07, 6.45) is 3.11. The van der Waals surface area contributed by atoms with E-state index in [1.54, 1.807) is 32.6 Å². The zero-order valence-electron chi connectivity index (χ0n) is 24.3. The van der Waals surface area contributed by atoms with Crippen molar-refractivity contribution in [1.29, 1.82) is 0 Å². The number of rotatable bonds is 11. The molecular weight excluding hydrogens is 478 g/mol. The number of hydrogen-bond acceptors (Lipinski definition) is 4. The summed E-state index contributed by atoms with van der Waals surface area (Å²) < 4.78 is 5.37. The highest BCUT2D eigenvalue weighted by atomic mass is 16.6. The molecule has 0 spiro atoms. The minimum atomic E-state index is -0.880. The van der Waals surface area contributed by atoms with Crippen LogP contribution in [0.1, 0.15) is 88.6 Å². The molecule has 0 saturated heterocycles. The van der Waals surface area contributed by atoms with Crippen molar-refractivity contribution >= 4 is 23.6 Å². The van der Waals surface area contributed by atoms with Gasteiger partial charge in [-0.3, -0.25) is 9.59 Å². The van der Waals surface area contributed by atoms with E-state index in [-0.39, 0.29) is 11.8 Å². The molecule has 0 aliphatic carbocycles. The van der Waals surface area contributed by atoms with E-state index in [0.717, 1.165) is 47.9 Å². The molecule has 2 aromatic rings. The maximum absolute atomic E-state index is 14.0. The van der Waals surface area contributed by atoms with Crippen LogP contribution in [-0.2, 0) is 14.3 Å². The number of alkyl carbamates (subject to hydrolysis) is 1. The Bertz CT molecular complexity index is 1110. The number of amides is 3. The molecule has 7 nitrogen and oxygen atoms in total. The third-order valence-electron chi connectivity index (χ3n) is 6.33. The van der Waals surface area contributed by atoms with E-state index in [9.17, 15) is 14.4 Å². The van der Waals surface area contributed by atoms with Crippen LogP contribution in [0.25, 0.3) is 0 Å². The molecular formula is C31H45N3O4. The Kier molecular flexibility index (Phi) is 11.4. The average molecular weight is 524 g/mol. The Labute approximate surface area is 228 Å². The maximum Gasteiger partial charge on any atom is 0.408 e. The fourth-order valence-corrected chi connectivity index (χ4v) is 4.29. The summed E-state index contributed by atoms with van der Waals surface area (Å²) in [5.41, 5.74) is 3.62. The summed E-state index contributed by atoms with van der Waals surface area (Å²) in [6, 6.07) is 11.8. The van der Waals surface area contributed by atoms with Gasteiger partial charge in [-0.2, -0.15) is 0 Å². The van der Waals surface area contributed by atoms with E-state index >= 15 is 0 Å². The van der Waals surface area contributed by atoms with Gasteiger partial charge in [0.05, 0.1) is 0 Å². The Morgan fingerprint density at radius 2 is 1.63 bits per heavy atom. The van der Waals surface area contributed by atoms with Gasteiger partial charge in [-0.05, 0) is 77.6 Å². The van der Waals surface area contributed by atoms with Crippen molar-refractivity contribution in [2.24, 2.45) is 0 Å². The van der Waals surface area contributed by atoms with Crippen LogP contribution in [0.15, 0.2) is 42.5 Å². The molecule has 0 aliphatic rings. The summed E-state index contributed by atoms with van der Waals surface area (Å²) >= 11 is 0. The maximum atomic E-state index is 14.0. The summed E-state index contributed by atoms with van der Waals surface area (Å²) in [4.78, 5) is 42.0. The van der Waals surface area contributed by atoms with Gasteiger partial charge in [0.2, 0.25) is 5.91 Å². The average Bonchev–Trinajstić information content (AvgIpc) is 2.82. The molecule has 2 N–H and O–H groups in total. The van der Waals surface area contributed by atoms with Gasteiger partial charge in [0.15, 0.2) is 0 Å². The summed E-state index contributed by atoms with van der Waals surface area (Å²) in [7, 11) is 0. The van der Waals surface area contributed by atoms with Gasteiger partial charge >= 0.3 is 6.09 Å². The molecule has 2 rings (SSSR count). The molecule has 0 radical (unpaired) electrons. The lowest BCUT2D eigenvalue weighted by Crippen LogP contribution is -2.51. The molecule has 2 atom stereocenters. The highest BCUT2D eigenvalue weighted by Crippen LogP contribution is 2.29. The monoisotopic (exact) mass is 523 g/mol. The first kappa shape index (κ1) is 30.9. The van der Waals surface area contributed by atoms with Crippen molar-refractivity contribution < 1.29 is 19.1 Å². The number of nitrogens with zero attached hydrogens (tertiary/aromatic N) is 1. The fraction of sp³-hybridized carbons (Fsp3) is 0.516. The molecule has 2 unspecified atom stereocenters. The zero-order chi connectivity index (χ0) is 28.5. The molecule has 0 heterocycles. The van der Waals surface area contributed by atoms with Gasteiger partial charge in [-0.1, -0.05) is 68.1 Å². The first-order valence-electron chi connectivity index (χ1n) is 13.6. The number of carbonyl (C=O) groups excluding carboxylic acids is 3. The normalized spacial score (nSPS) is 12.8. The molecule has 0 saturated carbocycles. The molecule has 2 aromatic carbocycles. The molecule has 3 amide bonds. The van der Waals surface area contributed by atoms with Gasteiger partial charge in [0, 0.05) is 12.2 Å². The first-order chi connectivity index (χ1) is 17.8. The predicted molar refractivity (Wildman–Crippen MR) is 153 cm³/mol. The molecule has 0 bridgehead atoms. The van der Waals surface area contributed by atoms with Gasteiger partial charge in [0.25, 0.3) is 5.91 Å². The Hall–Kier alpha value is -3.35. The number of anilines is 1. The summed E-state index contributed by atoms with van der Waals surface area (Å²) in [6.45, 7) is 15.3. The second kappa shape index (κ2) is 14.0. The predicted octanol–water partition coefficient (Wildman–Crippen LogP) is 6.61. The Morgan fingerprint density at radius 1 is 0.947 bits per heavy atom. The minimum Gasteiger partial charge on any atom is -0.444 e. The molecule has 0 aromatic heterocycles. The van der Waals surface area contributed by atoms with Gasteiger partial charge in [-0.15, -0.1) is 0 Å². The zero-order valence-corrected chi connectivity index (χ0v) is 24.3. The molecule has 208 valence electrons. The van der Waals surface area contributed by atoms with Crippen molar-refractivity contribution in [2.75, 3.05) is 11.9 Å². The lowest BCUT2D eigenvalue weighted by atomic mass is 9.95. The van der Waals surface area contributed by atoms with E-state index in [0.29, 0.717) is 12.2 Å². The molecule has 0 aliphatic heterocycles. The van der Waals surface area contributed by atoms with Crippen molar-refractivity contribution in [3.63, 3.8) is 0 Å². The van der Waals surface area contributed by atoms with E-state index in [4.69, 9.17) is 4.74 Å². The van der Waals surface area contributed by atoms with E-state index in [1.807, 2.05) is 63.2 Å². The number of nitrogens with one attached hydrogen (secondary N) is 2. The van der Waals surface area contributed by atoms with Crippen LogP contribution < -0.4 is 10.6 Å². The van der Waals surface area contributed by atoms with Crippen LogP contribution >= 0.6 is 0 Å². The summed E-state index contributed by atoms with van der Waals surface area (Å²) in [5, 5.41) is 5.72. The van der Waals surface area contributed by atoms with Crippen molar-refractivity contribution in [1.82, 2.24) is 10.2 Å². The Morgan fingerprint density at radius 3 is 2.26 bits per heavy atom. The van der Waals surface area contributed by atoms with Gasteiger partial charge in [-0.25, -0.2) is 4.79 Å². The highest BCUT2D eigenvalue weighted by molar-refractivity contribution is 5.99. The standard InChI is InChI=1S/C31H45N3O4/c1-9-10-11-14-19-34(29(36)24(5)32-30(37)38-31(6,7)8)27(25-20-21(2)17-18-22(25)3)28(35)33-26-16-13-12-15-23(26)4/h12-13,15-18,20,24,27H,9-11,14,19H2,1-8H3,(H,32,37)(H,33,35). The number of hydrogen-bond donors (Lipinski definition) is 2. The first-order valence-corrected chi connectivity index (χ1v) is 13.6. The smallest absolute Gasteiger partial charge is 0.408 e. The number of benzene rings is 2. The number of para-hydroxylation sites is 1. The Balaban J connectivity index is 2.50. The third-order valence-corrected chi connectivity index (χ3v) is 6.33. The number of aryl methyl sites for hydroxylation is 3. The van der Waals surface area contributed by atoms with E-state index in [1.165, 1.54) is 0 Å². The topological polar surface area (TPSA) is 87.7 Å². The fourth-order valence-electron chi connectivity index (χ4n) is 4.29. The van der Waals surface area contributed by atoms with Crippen LogP contribution in [0, 0.1) is 20.8 Å². The van der Waals surface area contributed by atoms with Gasteiger partial charge in [0.1, 0.15) is 17.7 Å². The lowest BCUT2D eigenvalue weighted by molar-refractivity contribution is -0.140. The van der Waals surface area contributed by atoms with Crippen LogP contribution in [0.5, 0.6) is 0 Å². The van der Waals surface area contributed by atoms with Gasteiger partial charge < -0.3 is 20.3 Å². The van der Waals surface area contributed by atoms with Crippen molar-refractivity contribution in [2.45, 2.75) is 98.8 Å². The third kappa shape index (κ3) is 9.19. The number of carbonyl (C=O) groups is 3. The van der Waals surface area contributed by atoms with E-state index < -0.39 is 23.8 Å². The highest BCUT2D eigenvalue weighted by Gasteiger charge is 2.35.